The second kappa shape index (κ2) is 4.56. The highest BCUT2D eigenvalue weighted by molar-refractivity contribution is 5.94. The fourth-order valence-corrected chi connectivity index (χ4v) is 1.39. The fourth-order valence-electron chi connectivity index (χ4n) is 1.39. The molecule has 17 heavy (non-hydrogen) atoms. The summed E-state index contributed by atoms with van der Waals surface area (Å²) in [5.41, 5.74) is 6.66. The third kappa shape index (κ3) is 2.54. The van der Waals surface area contributed by atoms with Gasteiger partial charge in [-0.15, -0.1) is 0 Å². The lowest BCUT2D eigenvalue weighted by Crippen LogP contribution is -2.04. The Hall–Kier alpha value is -2.50. The van der Waals surface area contributed by atoms with E-state index in [0.717, 1.165) is 5.69 Å². The molecule has 0 radical (unpaired) electrons. The molecule has 88 valence electrons. The molecule has 0 aliphatic heterocycles. The molecular weight excluding hydrogens is 222 g/mol. The van der Waals surface area contributed by atoms with Gasteiger partial charge in [0.2, 0.25) is 0 Å². The molecule has 0 atom stereocenters. The summed E-state index contributed by atoms with van der Waals surface area (Å²) >= 11 is 0. The van der Waals surface area contributed by atoms with Crippen LogP contribution in [0.5, 0.6) is 0 Å². The molecular formula is C11H11N3O3. The molecule has 1 aromatic heterocycles. The number of carboxylic acid groups (broad SMARTS) is 1. The second-order valence-corrected chi connectivity index (χ2v) is 3.44. The van der Waals surface area contributed by atoms with E-state index in [9.17, 15) is 4.79 Å². The Labute approximate surface area is 97.0 Å². The molecule has 0 amide bonds. The topological polar surface area (TPSA) is 101 Å². The van der Waals surface area contributed by atoms with Gasteiger partial charge in [-0.3, -0.25) is 0 Å². The van der Waals surface area contributed by atoms with Crippen molar-refractivity contribution in [2.45, 2.75) is 6.54 Å². The smallest absolute Gasteiger partial charge is 0.337 e. The van der Waals surface area contributed by atoms with E-state index in [2.05, 4.69) is 10.5 Å². The predicted molar refractivity (Wildman–Crippen MR) is 61.6 cm³/mol. The van der Waals surface area contributed by atoms with Gasteiger partial charge >= 0.3 is 5.97 Å². The highest BCUT2D eigenvalue weighted by atomic mass is 16.5. The normalized spacial score (nSPS) is 10.1. The molecule has 1 heterocycles. The molecule has 0 unspecified atom stereocenters. The van der Waals surface area contributed by atoms with E-state index in [1.54, 1.807) is 24.4 Å². The van der Waals surface area contributed by atoms with Gasteiger partial charge < -0.3 is 20.7 Å². The first kappa shape index (κ1) is 11.0. The predicted octanol–water partition coefficient (Wildman–Crippen LogP) is 1.57. The van der Waals surface area contributed by atoms with Gasteiger partial charge in [0.15, 0.2) is 5.76 Å². The van der Waals surface area contributed by atoms with Crippen LogP contribution in [0.4, 0.5) is 11.4 Å². The fraction of sp³-hybridized carbons (Fsp3) is 0.0909. The third-order valence-electron chi connectivity index (χ3n) is 2.24. The molecule has 0 saturated heterocycles. The number of carboxylic acids is 1. The number of aromatic carboxylic acids is 1. The maximum Gasteiger partial charge on any atom is 0.337 e. The number of nitrogens with one attached hydrogen (secondary N) is 1. The lowest BCUT2D eigenvalue weighted by atomic mass is 10.1. The number of benzene rings is 1. The van der Waals surface area contributed by atoms with E-state index in [4.69, 9.17) is 15.4 Å². The average Bonchev–Trinajstić information content (AvgIpc) is 2.78. The first-order valence-electron chi connectivity index (χ1n) is 4.93. The van der Waals surface area contributed by atoms with Crippen molar-refractivity contribution in [2.75, 3.05) is 11.1 Å². The van der Waals surface area contributed by atoms with Crippen LogP contribution in [0, 0.1) is 0 Å². The minimum Gasteiger partial charge on any atom is -0.478 e. The van der Waals surface area contributed by atoms with E-state index in [1.165, 1.54) is 6.07 Å². The van der Waals surface area contributed by atoms with E-state index in [0.29, 0.717) is 12.3 Å². The molecule has 2 rings (SSSR count). The summed E-state index contributed by atoms with van der Waals surface area (Å²) in [4.78, 5) is 10.8. The summed E-state index contributed by atoms with van der Waals surface area (Å²) in [6, 6.07) is 6.42. The van der Waals surface area contributed by atoms with Crippen LogP contribution in [-0.4, -0.2) is 16.2 Å². The van der Waals surface area contributed by atoms with Crippen molar-refractivity contribution in [1.82, 2.24) is 5.16 Å². The molecule has 0 bridgehead atoms. The lowest BCUT2D eigenvalue weighted by Gasteiger charge is -2.06. The lowest BCUT2D eigenvalue weighted by molar-refractivity contribution is 0.0698. The van der Waals surface area contributed by atoms with Gasteiger partial charge in [-0.2, -0.15) is 0 Å². The standard InChI is InChI=1S/C11H11N3O3/c12-10-5-7(1-2-9(10)11(15)16)13-6-8-3-4-14-17-8/h1-5,13H,6,12H2,(H,15,16). The zero-order chi connectivity index (χ0) is 12.3. The quantitative estimate of drug-likeness (QED) is 0.693. The minimum absolute atomic E-state index is 0.0928. The highest BCUT2D eigenvalue weighted by Crippen LogP contribution is 2.18. The average molecular weight is 233 g/mol. The van der Waals surface area contributed by atoms with Crippen molar-refractivity contribution in [3.05, 3.63) is 41.8 Å². The number of nitrogens with zero attached hydrogens (tertiary/aromatic N) is 1. The molecule has 0 spiro atoms. The van der Waals surface area contributed by atoms with Crippen molar-refractivity contribution >= 4 is 17.3 Å². The summed E-state index contributed by atoms with van der Waals surface area (Å²) in [6.07, 6.45) is 1.55. The van der Waals surface area contributed by atoms with E-state index >= 15 is 0 Å². The summed E-state index contributed by atoms with van der Waals surface area (Å²) < 4.78 is 4.91. The number of anilines is 2. The zero-order valence-corrected chi connectivity index (χ0v) is 8.88. The van der Waals surface area contributed by atoms with Crippen LogP contribution in [0.2, 0.25) is 0 Å². The third-order valence-corrected chi connectivity index (χ3v) is 2.24. The van der Waals surface area contributed by atoms with E-state index in [-0.39, 0.29) is 11.3 Å². The summed E-state index contributed by atoms with van der Waals surface area (Å²) in [6.45, 7) is 0.464. The van der Waals surface area contributed by atoms with Crippen molar-refractivity contribution in [3.8, 4) is 0 Å². The number of hydrogen-bond acceptors (Lipinski definition) is 5. The van der Waals surface area contributed by atoms with Crippen LogP contribution in [0.25, 0.3) is 0 Å². The molecule has 4 N–H and O–H groups in total. The summed E-state index contributed by atoms with van der Waals surface area (Å²) in [5.74, 6) is -0.352. The number of hydrogen-bond donors (Lipinski definition) is 3. The Morgan fingerprint density at radius 1 is 1.47 bits per heavy atom. The van der Waals surface area contributed by atoms with Gasteiger partial charge in [0.05, 0.1) is 18.3 Å². The van der Waals surface area contributed by atoms with Gasteiger partial charge in [0, 0.05) is 17.4 Å². The van der Waals surface area contributed by atoms with Crippen LogP contribution in [0.15, 0.2) is 35.0 Å². The number of nitrogen functional groups attached to an aromatic ring is 1. The number of rotatable bonds is 4. The maximum atomic E-state index is 10.8. The first-order valence-corrected chi connectivity index (χ1v) is 4.93. The maximum absolute atomic E-state index is 10.8. The number of nitrogens with two attached hydrogens (primary N) is 1. The molecule has 2 aromatic rings. The van der Waals surface area contributed by atoms with Crippen LogP contribution < -0.4 is 11.1 Å². The molecule has 0 aliphatic rings. The van der Waals surface area contributed by atoms with Crippen molar-refractivity contribution in [3.63, 3.8) is 0 Å². The Balaban J connectivity index is 2.07. The van der Waals surface area contributed by atoms with Gasteiger partial charge in [-0.25, -0.2) is 4.79 Å². The van der Waals surface area contributed by atoms with Gasteiger partial charge in [-0.05, 0) is 18.2 Å². The van der Waals surface area contributed by atoms with Gasteiger partial charge in [0.1, 0.15) is 0 Å². The Kier molecular flexibility index (Phi) is 2.95. The van der Waals surface area contributed by atoms with E-state index in [1.807, 2.05) is 0 Å². The Morgan fingerprint density at radius 3 is 2.88 bits per heavy atom. The highest BCUT2D eigenvalue weighted by Gasteiger charge is 2.07. The minimum atomic E-state index is -1.04. The first-order chi connectivity index (χ1) is 8.16. The molecule has 0 aliphatic carbocycles. The summed E-state index contributed by atoms with van der Waals surface area (Å²) in [5, 5.41) is 15.4. The Morgan fingerprint density at radius 2 is 2.29 bits per heavy atom. The largest absolute Gasteiger partial charge is 0.478 e. The molecule has 6 heteroatoms. The monoisotopic (exact) mass is 233 g/mol. The summed E-state index contributed by atoms with van der Waals surface area (Å²) in [7, 11) is 0. The zero-order valence-electron chi connectivity index (χ0n) is 8.88. The van der Waals surface area contributed by atoms with Crippen LogP contribution >= 0.6 is 0 Å². The van der Waals surface area contributed by atoms with Gasteiger partial charge in [-0.1, -0.05) is 5.16 Å². The molecule has 6 nitrogen and oxygen atoms in total. The van der Waals surface area contributed by atoms with Crippen molar-refractivity contribution in [2.24, 2.45) is 0 Å². The van der Waals surface area contributed by atoms with E-state index < -0.39 is 5.97 Å². The molecule has 0 saturated carbocycles. The van der Waals surface area contributed by atoms with Crippen LogP contribution in [0.1, 0.15) is 16.1 Å². The van der Waals surface area contributed by atoms with Gasteiger partial charge in [0.25, 0.3) is 0 Å². The molecule has 0 fully saturated rings. The SMILES string of the molecule is Nc1cc(NCc2ccno2)ccc1C(=O)O. The van der Waals surface area contributed by atoms with Crippen molar-refractivity contribution < 1.29 is 14.4 Å². The number of carbonyl (C=O) groups is 1. The second-order valence-electron chi connectivity index (χ2n) is 3.44. The molecule has 1 aromatic carbocycles. The number of aromatic nitrogens is 1. The Bertz CT molecular complexity index is 523. The van der Waals surface area contributed by atoms with Crippen LogP contribution in [-0.2, 0) is 6.54 Å². The van der Waals surface area contributed by atoms with Crippen molar-refractivity contribution in [1.29, 1.82) is 0 Å². The van der Waals surface area contributed by atoms with Crippen LogP contribution in [0.3, 0.4) is 0 Å².